The van der Waals surface area contributed by atoms with Crippen molar-refractivity contribution in [1.82, 2.24) is 15.8 Å². The minimum absolute atomic E-state index is 0.157. The molecule has 0 atom stereocenters. The number of pyridine rings is 1. The van der Waals surface area contributed by atoms with E-state index in [4.69, 9.17) is 0 Å². The summed E-state index contributed by atoms with van der Waals surface area (Å²) in [6.07, 6.45) is 3.15. The van der Waals surface area contributed by atoms with Crippen LogP contribution in [0, 0.1) is 0 Å². The van der Waals surface area contributed by atoms with Crippen LogP contribution < -0.4 is 10.9 Å². The number of nitrogens with one attached hydrogen (secondary N) is 2. The van der Waals surface area contributed by atoms with Gasteiger partial charge in [-0.25, -0.2) is 5.43 Å². The van der Waals surface area contributed by atoms with E-state index in [2.05, 4.69) is 15.8 Å². The summed E-state index contributed by atoms with van der Waals surface area (Å²) in [7, 11) is 1.64. The SMILES string of the molecule is CNNC(=O)c1ccncc1. The lowest BCUT2D eigenvalue weighted by molar-refractivity contribution is 0.0938. The number of amides is 1. The number of aromatic nitrogens is 1. The van der Waals surface area contributed by atoms with Crippen molar-refractivity contribution in [3.8, 4) is 0 Å². The summed E-state index contributed by atoms with van der Waals surface area (Å²) in [5, 5.41) is 0. The van der Waals surface area contributed by atoms with Gasteiger partial charge in [-0.15, -0.1) is 0 Å². The zero-order valence-corrected chi connectivity index (χ0v) is 6.16. The highest BCUT2D eigenvalue weighted by atomic mass is 16.2. The molecule has 4 heteroatoms. The second kappa shape index (κ2) is 3.68. The van der Waals surface area contributed by atoms with Gasteiger partial charge in [0.15, 0.2) is 0 Å². The molecule has 1 aromatic heterocycles. The molecule has 0 aliphatic carbocycles. The molecule has 4 nitrogen and oxygen atoms in total. The summed E-state index contributed by atoms with van der Waals surface area (Å²) in [6.45, 7) is 0. The third-order valence-electron chi connectivity index (χ3n) is 1.18. The van der Waals surface area contributed by atoms with Crippen molar-refractivity contribution < 1.29 is 4.79 Å². The molecule has 0 aliphatic heterocycles. The number of hydrogen-bond acceptors (Lipinski definition) is 3. The van der Waals surface area contributed by atoms with Crippen LogP contribution in [0.3, 0.4) is 0 Å². The Balaban J connectivity index is 2.69. The highest BCUT2D eigenvalue weighted by Crippen LogP contribution is 1.93. The van der Waals surface area contributed by atoms with Gasteiger partial charge in [0.05, 0.1) is 0 Å². The zero-order valence-electron chi connectivity index (χ0n) is 6.16. The first-order valence-electron chi connectivity index (χ1n) is 3.21. The number of carbonyl (C=O) groups is 1. The fourth-order valence-corrected chi connectivity index (χ4v) is 0.689. The van der Waals surface area contributed by atoms with E-state index in [9.17, 15) is 4.79 Å². The van der Waals surface area contributed by atoms with Gasteiger partial charge in [-0.05, 0) is 12.1 Å². The average Bonchev–Trinajstić information content (AvgIpc) is 2.07. The van der Waals surface area contributed by atoms with Crippen LogP contribution in [0.15, 0.2) is 24.5 Å². The largest absolute Gasteiger partial charge is 0.288 e. The van der Waals surface area contributed by atoms with Gasteiger partial charge >= 0.3 is 0 Å². The minimum atomic E-state index is -0.157. The van der Waals surface area contributed by atoms with Gasteiger partial charge in [-0.2, -0.15) is 0 Å². The van der Waals surface area contributed by atoms with Crippen LogP contribution in [-0.2, 0) is 0 Å². The van der Waals surface area contributed by atoms with Gasteiger partial charge in [0.2, 0.25) is 0 Å². The first-order valence-corrected chi connectivity index (χ1v) is 3.21. The molecule has 0 saturated carbocycles. The molecular formula is C7H9N3O. The van der Waals surface area contributed by atoms with E-state index in [1.165, 1.54) is 0 Å². The Kier molecular flexibility index (Phi) is 2.57. The smallest absolute Gasteiger partial charge is 0.265 e. The predicted octanol–water partition coefficient (Wildman–Crippen LogP) is -0.0542. The summed E-state index contributed by atoms with van der Waals surface area (Å²) in [6, 6.07) is 3.29. The minimum Gasteiger partial charge on any atom is -0.288 e. The van der Waals surface area contributed by atoms with E-state index in [-0.39, 0.29) is 5.91 Å². The third kappa shape index (κ3) is 2.01. The van der Waals surface area contributed by atoms with E-state index in [0.717, 1.165) is 0 Å². The summed E-state index contributed by atoms with van der Waals surface area (Å²) >= 11 is 0. The fourth-order valence-electron chi connectivity index (χ4n) is 0.689. The lowest BCUT2D eigenvalue weighted by Gasteiger charge is -2.00. The molecule has 0 fully saturated rings. The standard InChI is InChI=1S/C7H9N3O/c1-8-10-7(11)6-2-4-9-5-3-6/h2-5,8H,1H3,(H,10,11). The van der Waals surface area contributed by atoms with Gasteiger partial charge < -0.3 is 0 Å². The number of rotatable bonds is 2. The molecular weight excluding hydrogens is 142 g/mol. The van der Waals surface area contributed by atoms with Crippen molar-refractivity contribution in [3.63, 3.8) is 0 Å². The molecule has 0 radical (unpaired) electrons. The molecule has 11 heavy (non-hydrogen) atoms. The predicted molar refractivity (Wildman–Crippen MR) is 40.8 cm³/mol. The Morgan fingerprint density at radius 1 is 1.45 bits per heavy atom. The number of hydrazine groups is 1. The molecule has 2 N–H and O–H groups in total. The third-order valence-corrected chi connectivity index (χ3v) is 1.18. The molecule has 1 aromatic rings. The van der Waals surface area contributed by atoms with Gasteiger partial charge in [-0.3, -0.25) is 15.2 Å². The van der Waals surface area contributed by atoms with E-state index < -0.39 is 0 Å². The van der Waals surface area contributed by atoms with Crippen LogP contribution in [0.4, 0.5) is 0 Å². The van der Waals surface area contributed by atoms with Gasteiger partial charge in [-0.1, -0.05) is 0 Å². The highest BCUT2D eigenvalue weighted by molar-refractivity contribution is 5.93. The lowest BCUT2D eigenvalue weighted by atomic mass is 10.3. The van der Waals surface area contributed by atoms with Crippen molar-refractivity contribution in [2.45, 2.75) is 0 Å². The van der Waals surface area contributed by atoms with E-state index in [1.807, 2.05) is 0 Å². The topological polar surface area (TPSA) is 54.0 Å². The van der Waals surface area contributed by atoms with E-state index in [1.54, 1.807) is 31.6 Å². The summed E-state index contributed by atoms with van der Waals surface area (Å²) < 4.78 is 0. The fraction of sp³-hybridized carbons (Fsp3) is 0.143. The molecule has 0 aliphatic rings. The molecule has 58 valence electrons. The number of carbonyl (C=O) groups excluding carboxylic acids is 1. The Morgan fingerprint density at radius 2 is 2.09 bits per heavy atom. The van der Waals surface area contributed by atoms with Crippen molar-refractivity contribution in [2.24, 2.45) is 0 Å². The van der Waals surface area contributed by atoms with Crippen LogP contribution >= 0.6 is 0 Å². The summed E-state index contributed by atoms with van der Waals surface area (Å²) in [5.74, 6) is -0.157. The van der Waals surface area contributed by atoms with Crippen molar-refractivity contribution in [1.29, 1.82) is 0 Å². The van der Waals surface area contributed by atoms with Crippen LogP contribution in [0.1, 0.15) is 10.4 Å². The Morgan fingerprint density at radius 3 is 2.64 bits per heavy atom. The summed E-state index contributed by atoms with van der Waals surface area (Å²) in [4.78, 5) is 14.8. The van der Waals surface area contributed by atoms with Gasteiger partial charge in [0.25, 0.3) is 5.91 Å². The molecule has 1 heterocycles. The van der Waals surface area contributed by atoms with Crippen LogP contribution in [0.2, 0.25) is 0 Å². The van der Waals surface area contributed by atoms with Crippen molar-refractivity contribution in [3.05, 3.63) is 30.1 Å². The molecule has 0 unspecified atom stereocenters. The lowest BCUT2D eigenvalue weighted by Crippen LogP contribution is -2.34. The van der Waals surface area contributed by atoms with Crippen LogP contribution in [-0.4, -0.2) is 17.9 Å². The molecule has 1 amide bonds. The average molecular weight is 151 g/mol. The molecule has 1 rings (SSSR count). The van der Waals surface area contributed by atoms with Crippen molar-refractivity contribution >= 4 is 5.91 Å². The van der Waals surface area contributed by atoms with Crippen molar-refractivity contribution in [2.75, 3.05) is 7.05 Å². The maximum atomic E-state index is 11.0. The van der Waals surface area contributed by atoms with Gasteiger partial charge in [0, 0.05) is 25.0 Å². The molecule has 0 bridgehead atoms. The Bertz CT molecular complexity index is 235. The molecule has 0 saturated heterocycles. The second-order valence-electron chi connectivity index (χ2n) is 1.94. The maximum Gasteiger partial charge on any atom is 0.265 e. The number of hydrogen-bond donors (Lipinski definition) is 2. The monoisotopic (exact) mass is 151 g/mol. The van der Waals surface area contributed by atoms with Crippen LogP contribution in [0.25, 0.3) is 0 Å². The maximum absolute atomic E-state index is 11.0. The quantitative estimate of drug-likeness (QED) is 0.582. The van der Waals surface area contributed by atoms with Gasteiger partial charge in [0.1, 0.15) is 0 Å². The Hall–Kier alpha value is -1.42. The first-order chi connectivity index (χ1) is 5.34. The highest BCUT2D eigenvalue weighted by Gasteiger charge is 2.00. The number of nitrogens with zero attached hydrogens (tertiary/aromatic N) is 1. The second-order valence-corrected chi connectivity index (χ2v) is 1.94. The van der Waals surface area contributed by atoms with E-state index in [0.29, 0.717) is 5.56 Å². The summed E-state index contributed by atoms with van der Waals surface area (Å²) in [5.41, 5.74) is 5.58. The Labute approximate surface area is 64.6 Å². The molecule has 0 aromatic carbocycles. The first kappa shape index (κ1) is 7.68. The van der Waals surface area contributed by atoms with Crippen LogP contribution in [0.5, 0.6) is 0 Å². The molecule has 0 spiro atoms. The normalized spacial score (nSPS) is 9.18. The zero-order chi connectivity index (χ0) is 8.10. The van der Waals surface area contributed by atoms with E-state index >= 15 is 0 Å².